The molecule has 0 bridgehead atoms. The summed E-state index contributed by atoms with van der Waals surface area (Å²) >= 11 is 0. The fourth-order valence-electron chi connectivity index (χ4n) is 10.00. The summed E-state index contributed by atoms with van der Waals surface area (Å²) in [5.74, 6) is 0. The number of furan rings is 1. The van der Waals surface area contributed by atoms with Crippen LogP contribution in [0.25, 0.3) is 88.7 Å². The highest BCUT2D eigenvalue weighted by molar-refractivity contribution is 6.17. The number of fused-ring (bicyclic) bond motifs is 6. The smallest absolute Gasteiger partial charge is 0.136 e. The summed E-state index contributed by atoms with van der Waals surface area (Å²) in [4.78, 5) is 2.62. The van der Waals surface area contributed by atoms with Crippen LogP contribution in [0.3, 0.4) is 0 Å². The Morgan fingerprint density at radius 2 is 0.841 bits per heavy atom. The molecule has 0 aliphatic heterocycles. The highest BCUT2D eigenvalue weighted by Gasteiger charge is 2.33. The second kappa shape index (κ2) is 15.4. The zero-order chi connectivity index (χ0) is 41.7. The van der Waals surface area contributed by atoms with Crippen molar-refractivity contribution >= 4 is 39.0 Å². The summed E-state index contributed by atoms with van der Waals surface area (Å²) in [6.45, 7) is 0. The van der Waals surface area contributed by atoms with Gasteiger partial charge in [-0.25, -0.2) is 0 Å². The van der Waals surface area contributed by atoms with Crippen LogP contribution < -0.4 is 4.90 Å². The first-order valence-electron chi connectivity index (χ1n) is 21.7. The van der Waals surface area contributed by atoms with Crippen molar-refractivity contribution in [1.29, 1.82) is 0 Å². The van der Waals surface area contributed by atoms with E-state index in [0.29, 0.717) is 0 Å². The van der Waals surface area contributed by atoms with Gasteiger partial charge in [0.05, 0.1) is 17.1 Å². The lowest BCUT2D eigenvalue weighted by atomic mass is 9.85. The average Bonchev–Trinajstić information content (AvgIpc) is 3.94. The number of rotatable bonds is 8. The maximum Gasteiger partial charge on any atom is 0.136 e. The summed E-state index contributed by atoms with van der Waals surface area (Å²) in [6, 6.07) is 85.9. The molecular formula is C61H41NO. The third-order valence-corrected chi connectivity index (χ3v) is 12.7. The van der Waals surface area contributed by atoms with Crippen LogP contribution in [0.4, 0.5) is 17.1 Å². The molecule has 0 atom stereocenters. The normalized spacial score (nSPS) is 11.7. The van der Waals surface area contributed by atoms with Gasteiger partial charge in [0.25, 0.3) is 0 Å². The molecule has 10 aromatic carbocycles. The minimum atomic E-state index is 0.801. The van der Waals surface area contributed by atoms with E-state index in [9.17, 15) is 0 Å². The Morgan fingerprint density at radius 1 is 0.333 bits per heavy atom. The van der Waals surface area contributed by atoms with Crippen molar-refractivity contribution in [3.63, 3.8) is 0 Å². The molecule has 1 aliphatic carbocycles. The number of anilines is 3. The van der Waals surface area contributed by atoms with E-state index < -0.39 is 0 Å². The minimum absolute atomic E-state index is 0.801. The lowest BCUT2D eigenvalue weighted by Gasteiger charge is -2.35. The van der Waals surface area contributed by atoms with Crippen molar-refractivity contribution in [2.75, 3.05) is 4.90 Å². The third kappa shape index (κ3) is 6.18. The monoisotopic (exact) mass is 803 g/mol. The Kier molecular flexibility index (Phi) is 8.93. The molecule has 11 aromatic rings. The maximum atomic E-state index is 6.63. The Morgan fingerprint density at radius 3 is 1.57 bits per heavy atom. The molecule has 2 heteroatoms. The van der Waals surface area contributed by atoms with Crippen LogP contribution in [0.5, 0.6) is 0 Å². The van der Waals surface area contributed by atoms with E-state index in [2.05, 4.69) is 241 Å². The topological polar surface area (TPSA) is 16.4 Å². The summed E-state index contributed by atoms with van der Waals surface area (Å²) in [7, 11) is 0. The van der Waals surface area contributed by atoms with Gasteiger partial charge in [0.1, 0.15) is 11.2 Å². The Labute approximate surface area is 367 Å². The Hall–Kier alpha value is -8.20. The van der Waals surface area contributed by atoms with Gasteiger partial charge >= 0.3 is 0 Å². The SMILES string of the molecule is c1ccc(-c2ccccc2N(c2cccc(-c3ccccc3)c2-c2cccc3oc4ccccc4c23)c2c3c(cc(-c4ccccc4)c2-c2ccccc2)-c2ccccc2C3)cc1. The van der Waals surface area contributed by atoms with Crippen LogP contribution >= 0.6 is 0 Å². The van der Waals surface area contributed by atoms with Gasteiger partial charge in [-0.1, -0.05) is 206 Å². The van der Waals surface area contributed by atoms with E-state index in [-0.39, 0.29) is 0 Å². The van der Waals surface area contributed by atoms with E-state index in [1.165, 1.54) is 44.6 Å². The van der Waals surface area contributed by atoms with Crippen molar-refractivity contribution in [2.45, 2.75) is 6.42 Å². The van der Waals surface area contributed by atoms with Crippen molar-refractivity contribution in [3.8, 4) is 66.8 Å². The molecule has 0 saturated heterocycles. The van der Waals surface area contributed by atoms with Gasteiger partial charge in [0.2, 0.25) is 0 Å². The molecule has 0 unspecified atom stereocenters. The molecule has 0 spiro atoms. The van der Waals surface area contributed by atoms with Gasteiger partial charge in [0.15, 0.2) is 0 Å². The van der Waals surface area contributed by atoms with E-state index in [1.807, 2.05) is 0 Å². The predicted molar refractivity (Wildman–Crippen MR) is 264 cm³/mol. The zero-order valence-electron chi connectivity index (χ0n) is 34.6. The van der Waals surface area contributed by atoms with Gasteiger partial charge < -0.3 is 9.32 Å². The third-order valence-electron chi connectivity index (χ3n) is 12.7. The average molecular weight is 804 g/mol. The fourth-order valence-corrected chi connectivity index (χ4v) is 10.00. The molecule has 0 fully saturated rings. The van der Waals surface area contributed by atoms with Crippen LogP contribution in [0.1, 0.15) is 11.1 Å². The number of hydrogen-bond acceptors (Lipinski definition) is 2. The van der Waals surface area contributed by atoms with Crippen molar-refractivity contribution in [3.05, 3.63) is 248 Å². The van der Waals surface area contributed by atoms with Gasteiger partial charge in [-0.2, -0.15) is 0 Å². The standard InChI is InChI=1S/C61H41NO/c1-5-21-41(22-6-1)47-31-15-17-35-54(47)62(55-36-19-33-48(42-23-7-2-8-24-42)59(55)50-34-20-38-57-60(50)49-32-16-18-37-56(49)63-57)61-53-39-45-29-13-14-30-46(45)52(53)40-51(43-25-9-3-10-26-43)58(61)44-27-11-4-12-28-44/h1-38,40H,39H2. The first-order chi connectivity index (χ1) is 31.3. The summed E-state index contributed by atoms with van der Waals surface area (Å²) in [5, 5.41) is 2.20. The number of hydrogen-bond donors (Lipinski definition) is 0. The highest BCUT2D eigenvalue weighted by atomic mass is 16.3. The van der Waals surface area contributed by atoms with Crippen LogP contribution in [-0.4, -0.2) is 0 Å². The first-order valence-corrected chi connectivity index (χ1v) is 21.7. The van der Waals surface area contributed by atoms with Gasteiger partial charge in [0, 0.05) is 33.9 Å². The molecule has 0 saturated carbocycles. The van der Waals surface area contributed by atoms with E-state index in [0.717, 1.165) is 78.7 Å². The first kappa shape index (κ1) is 36.6. The van der Waals surface area contributed by atoms with Gasteiger partial charge in [-0.05, 0) is 91.5 Å². The van der Waals surface area contributed by atoms with Crippen LogP contribution in [-0.2, 0) is 6.42 Å². The highest BCUT2D eigenvalue weighted by Crippen LogP contribution is 2.57. The molecule has 12 rings (SSSR count). The molecule has 296 valence electrons. The maximum absolute atomic E-state index is 6.63. The zero-order valence-corrected chi connectivity index (χ0v) is 34.6. The molecule has 0 amide bonds. The van der Waals surface area contributed by atoms with E-state index in [4.69, 9.17) is 4.42 Å². The largest absolute Gasteiger partial charge is 0.456 e. The molecule has 63 heavy (non-hydrogen) atoms. The molecule has 1 heterocycles. The van der Waals surface area contributed by atoms with Crippen molar-refractivity contribution < 1.29 is 4.42 Å². The summed E-state index contributed by atoms with van der Waals surface area (Å²) in [6.07, 6.45) is 0.801. The quantitative estimate of drug-likeness (QED) is 0.152. The number of nitrogens with zero attached hydrogens (tertiary/aromatic N) is 1. The predicted octanol–water partition coefficient (Wildman–Crippen LogP) is 17.0. The minimum Gasteiger partial charge on any atom is -0.456 e. The lowest BCUT2D eigenvalue weighted by molar-refractivity contribution is 0.669. The van der Waals surface area contributed by atoms with E-state index in [1.54, 1.807) is 0 Å². The van der Waals surface area contributed by atoms with Gasteiger partial charge in [-0.15, -0.1) is 0 Å². The Bertz CT molecular complexity index is 3460. The van der Waals surface area contributed by atoms with Crippen LogP contribution in [0.15, 0.2) is 241 Å². The summed E-state index contributed by atoms with van der Waals surface area (Å²) in [5.41, 5.74) is 21.9. The number of para-hydroxylation sites is 2. The fraction of sp³-hybridized carbons (Fsp3) is 0.0164. The lowest BCUT2D eigenvalue weighted by Crippen LogP contribution is -2.16. The van der Waals surface area contributed by atoms with Gasteiger partial charge in [-0.3, -0.25) is 0 Å². The summed E-state index contributed by atoms with van der Waals surface area (Å²) < 4.78 is 6.63. The molecule has 0 radical (unpaired) electrons. The van der Waals surface area contributed by atoms with Crippen LogP contribution in [0, 0.1) is 0 Å². The molecule has 0 N–H and O–H groups in total. The molecule has 2 nitrogen and oxygen atoms in total. The second-order valence-electron chi connectivity index (χ2n) is 16.3. The second-order valence-corrected chi connectivity index (χ2v) is 16.3. The van der Waals surface area contributed by atoms with E-state index >= 15 is 0 Å². The molecule has 1 aromatic heterocycles. The van der Waals surface area contributed by atoms with Crippen molar-refractivity contribution in [2.24, 2.45) is 0 Å². The van der Waals surface area contributed by atoms with Crippen LogP contribution in [0.2, 0.25) is 0 Å². The molecular weight excluding hydrogens is 763 g/mol. The number of benzene rings is 10. The van der Waals surface area contributed by atoms with Crippen molar-refractivity contribution in [1.82, 2.24) is 0 Å². The Balaban J connectivity index is 1.29. The molecule has 1 aliphatic rings.